The Morgan fingerprint density at radius 3 is 2.79 bits per heavy atom. The summed E-state index contributed by atoms with van der Waals surface area (Å²) in [5.74, 6) is 1.11. The first-order chi connectivity index (χ1) is 6.56. The Morgan fingerprint density at radius 2 is 2.29 bits per heavy atom. The van der Waals surface area contributed by atoms with Crippen LogP contribution in [0.15, 0.2) is 0 Å². The van der Waals surface area contributed by atoms with E-state index in [1.54, 1.807) is 19.0 Å². The lowest BCUT2D eigenvalue weighted by Gasteiger charge is -2.22. The summed E-state index contributed by atoms with van der Waals surface area (Å²) < 4.78 is 0. The Hall–Kier alpha value is -0.770. The van der Waals surface area contributed by atoms with E-state index in [9.17, 15) is 4.79 Å². The average Bonchev–Trinajstić information content (AvgIpc) is 2.64. The van der Waals surface area contributed by atoms with Gasteiger partial charge in [-0.05, 0) is 24.8 Å². The summed E-state index contributed by atoms with van der Waals surface area (Å²) >= 11 is 0. The van der Waals surface area contributed by atoms with E-state index in [2.05, 4.69) is 6.92 Å². The van der Waals surface area contributed by atoms with Gasteiger partial charge in [0, 0.05) is 27.2 Å². The molecule has 1 aliphatic heterocycles. The van der Waals surface area contributed by atoms with Crippen LogP contribution in [-0.2, 0) is 0 Å². The summed E-state index contributed by atoms with van der Waals surface area (Å²) in [6, 6.07) is 0.122. The number of hydrogen-bond acceptors (Lipinski definition) is 2. The molecule has 4 heteroatoms. The van der Waals surface area contributed by atoms with Gasteiger partial charge in [0.05, 0.1) is 0 Å². The normalized spacial score (nSPS) is 23.7. The Labute approximate surface area is 86.0 Å². The van der Waals surface area contributed by atoms with E-state index in [1.165, 1.54) is 0 Å². The highest BCUT2D eigenvalue weighted by Gasteiger charge is 2.29. The van der Waals surface area contributed by atoms with Crippen molar-refractivity contribution in [2.24, 2.45) is 17.6 Å². The Bertz CT molecular complexity index is 206. The maximum Gasteiger partial charge on any atom is 0.319 e. The van der Waals surface area contributed by atoms with Crippen LogP contribution < -0.4 is 5.73 Å². The van der Waals surface area contributed by atoms with Crippen LogP contribution in [0.25, 0.3) is 0 Å². The summed E-state index contributed by atoms with van der Waals surface area (Å²) in [7, 11) is 3.59. The van der Waals surface area contributed by atoms with Gasteiger partial charge in [0.15, 0.2) is 0 Å². The summed E-state index contributed by atoms with van der Waals surface area (Å²) in [6.07, 6.45) is 1.10. The fraction of sp³-hybridized carbons (Fsp3) is 0.900. The van der Waals surface area contributed by atoms with Crippen molar-refractivity contribution in [2.75, 3.05) is 33.7 Å². The molecule has 1 rings (SSSR count). The van der Waals surface area contributed by atoms with Crippen molar-refractivity contribution in [2.45, 2.75) is 13.3 Å². The molecule has 4 nitrogen and oxygen atoms in total. The maximum atomic E-state index is 11.6. The molecule has 1 aliphatic rings. The van der Waals surface area contributed by atoms with Gasteiger partial charge < -0.3 is 15.5 Å². The molecule has 0 aromatic heterocycles. The Balaban J connectivity index is 2.45. The molecule has 14 heavy (non-hydrogen) atoms. The highest BCUT2D eigenvalue weighted by molar-refractivity contribution is 5.74. The number of nitrogens with zero attached hydrogens (tertiary/aromatic N) is 2. The largest absolute Gasteiger partial charge is 0.331 e. The topological polar surface area (TPSA) is 49.6 Å². The molecule has 2 atom stereocenters. The number of rotatable bonds is 2. The summed E-state index contributed by atoms with van der Waals surface area (Å²) in [5, 5.41) is 0. The molecule has 0 aliphatic carbocycles. The number of amides is 2. The second kappa shape index (κ2) is 4.64. The molecule has 1 fully saturated rings. The number of hydrogen-bond donors (Lipinski definition) is 1. The summed E-state index contributed by atoms with van der Waals surface area (Å²) in [6.45, 7) is 4.63. The molecule has 82 valence electrons. The van der Waals surface area contributed by atoms with Crippen molar-refractivity contribution >= 4 is 6.03 Å². The molecule has 2 N–H and O–H groups in total. The summed E-state index contributed by atoms with van der Waals surface area (Å²) in [4.78, 5) is 15.2. The molecule has 0 aromatic carbocycles. The highest BCUT2D eigenvalue weighted by atomic mass is 16.2. The van der Waals surface area contributed by atoms with Crippen LogP contribution in [0.5, 0.6) is 0 Å². The quantitative estimate of drug-likeness (QED) is 0.707. The lowest BCUT2D eigenvalue weighted by Crippen LogP contribution is -2.38. The zero-order valence-corrected chi connectivity index (χ0v) is 9.36. The minimum atomic E-state index is 0.122. The lowest BCUT2D eigenvalue weighted by molar-refractivity contribution is 0.178. The maximum absolute atomic E-state index is 11.6. The summed E-state index contributed by atoms with van der Waals surface area (Å²) in [5.41, 5.74) is 5.62. The van der Waals surface area contributed by atoms with E-state index in [1.807, 2.05) is 4.90 Å². The third-order valence-electron chi connectivity index (χ3n) is 3.05. The van der Waals surface area contributed by atoms with E-state index in [0.29, 0.717) is 18.4 Å². The minimum absolute atomic E-state index is 0.122. The number of carbonyl (C=O) groups excluding carboxylic acids is 1. The van der Waals surface area contributed by atoms with Gasteiger partial charge in [-0.2, -0.15) is 0 Å². The number of urea groups is 1. The third-order valence-corrected chi connectivity index (χ3v) is 3.05. The fourth-order valence-corrected chi connectivity index (χ4v) is 1.90. The number of carbonyl (C=O) groups is 1. The second-order valence-corrected chi connectivity index (χ2v) is 4.38. The van der Waals surface area contributed by atoms with Crippen molar-refractivity contribution in [3.05, 3.63) is 0 Å². The molecule has 2 unspecified atom stereocenters. The zero-order chi connectivity index (χ0) is 10.7. The van der Waals surface area contributed by atoms with Gasteiger partial charge in [-0.1, -0.05) is 6.92 Å². The second-order valence-electron chi connectivity index (χ2n) is 4.38. The van der Waals surface area contributed by atoms with E-state index < -0.39 is 0 Å². The van der Waals surface area contributed by atoms with Gasteiger partial charge in [0.25, 0.3) is 0 Å². The molecule has 1 heterocycles. The van der Waals surface area contributed by atoms with Gasteiger partial charge >= 0.3 is 6.03 Å². The van der Waals surface area contributed by atoms with Gasteiger partial charge in [0.1, 0.15) is 0 Å². The van der Waals surface area contributed by atoms with Crippen molar-refractivity contribution in [3.63, 3.8) is 0 Å². The van der Waals surface area contributed by atoms with Crippen LogP contribution in [0, 0.1) is 11.8 Å². The smallest absolute Gasteiger partial charge is 0.319 e. The molecule has 2 amide bonds. The van der Waals surface area contributed by atoms with Gasteiger partial charge in [-0.25, -0.2) is 4.79 Å². The van der Waals surface area contributed by atoms with Crippen molar-refractivity contribution < 1.29 is 4.79 Å². The molecular weight excluding hydrogens is 178 g/mol. The third kappa shape index (κ3) is 2.38. The van der Waals surface area contributed by atoms with Crippen LogP contribution in [-0.4, -0.2) is 49.6 Å². The first kappa shape index (κ1) is 11.3. The van der Waals surface area contributed by atoms with Crippen LogP contribution >= 0.6 is 0 Å². The van der Waals surface area contributed by atoms with Crippen LogP contribution in [0.4, 0.5) is 4.79 Å². The van der Waals surface area contributed by atoms with E-state index in [0.717, 1.165) is 19.5 Å². The Morgan fingerprint density at radius 1 is 1.64 bits per heavy atom. The van der Waals surface area contributed by atoms with Gasteiger partial charge in [-0.3, -0.25) is 0 Å². The van der Waals surface area contributed by atoms with E-state index >= 15 is 0 Å². The fourth-order valence-electron chi connectivity index (χ4n) is 1.90. The van der Waals surface area contributed by atoms with Gasteiger partial charge in [-0.15, -0.1) is 0 Å². The van der Waals surface area contributed by atoms with Crippen molar-refractivity contribution in [1.29, 1.82) is 0 Å². The molecule has 0 spiro atoms. The standard InChI is InChI=1S/C10H21N3O/c1-8(6-11)9-4-5-13(7-9)10(14)12(2)3/h8-9H,4-7,11H2,1-3H3. The van der Waals surface area contributed by atoms with Gasteiger partial charge in [0.2, 0.25) is 0 Å². The highest BCUT2D eigenvalue weighted by Crippen LogP contribution is 2.23. The van der Waals surface area contributed by atoms with Crippen molar-refractivity contribution in [1.82, 2.24) is 9.80 Å². The predicted octanol–water partition coefficient (Wildman–Crippen LogP) is 0.585. The molecule has 0 bridgehead atoms. The molecule has 1 saturated heterocycles. The first-order valence-corrected chi connectivity index (χ1v) is 5.22. The zero-order valence-electron chi connectivity index (χ0n) is 9.36. The number of nitrogens with two attached hydrogens (primary N) is 1. The van der Waals surface area contributed by atoms with E-state index in [-0.39, 0.29) is 6.03 Å². The monoisotopic (exact) mass is 199 g/mol. The lowest BCUT2D eigenvalue weighted by atomic mass is 9.94. The SMILES string of the molecule is CC(CN)C1CCN(C(=O)N(C)C)C1. The van der Waals surface area contributed by atoms with Crippen LogP contribution in [0.3, 0.4) is 0 Å². The predicted molar refractivity (Wildman–Crippen MR) is 57.0 cm³/mol. The first-order valence-electron chi connectivity index (χ1n) is 5.22. The van der Waals surface area contributed by atoms with Crippen LogP contribution in [0.2, 0.25) is 0 Å². The average molecular weight is 199 g/mol. The van der Waals surface area contributed by atoms with Crippen LogP contribution in [0.1, 0.15) is 13.3 Å². The molecular formula is C10H21N3O. The molecule has 0 saturated carbocycles. The number of likely N-dealkylation sites (tertiary alicyclic amines) is 1. The minimum Gasteiger partial charge on any atom is -0.331 e. The molecule has 0 aromatic rings. The van der Waals surface area contributed by atoms with Crippen molar-refractivity contribution in [3.8, 4) is 0 Å². The molecule has 0 radical (unpaired) electrons. The van der Waals surface area contributed by atoms with E-state index in [4.69, 9.17) is 5.73 Å². The Kier molecular flexibility index (Phi) is 3.75.